The molecule has 1 aromatic rings. The van der Waals surface area contributed by atoms with Crippen molar-refractivity contribution in [3.05, 3.63) is 17.5 Å². The maximum Gasteiger partial charge on any atom is 0.190 e. The van der Waals surface area contributed by atoms with E-state index >= 15 is 0 Å². The third-order valence-electron chi connectivity index (χ3n) is 3.71. The molecule has 0 saturated heterocycles. The van der Waals surface area contributed by atoms with Crippen molar-refractivity contribution in [2.24, 2.45) is 10.9 Å². The van der Waals surface area contributed by atoms with Gasteiger partial charge < -0.3 is 10.6 Å². The zero-order valence-corrected chi connectivity index (χ0v) is 15.7. The molecule has 0 aliphatic heterocycles. The largest absolute Gasteiger partial charge is 0.356 e. The lowest BCUT2D eigenvalue weighted by molar-refractivity contribution is 0.554. The summed E-state index contributed by atoms with van der Waals surface area (Å²) < 4.78 is 2.07. The number of halogens is 1. The van der Waals surface area contributed by atoms with Crippen LogP contribution in [0.1, 0.15) is 37.1 Å². The van der Waals surface area contributed by atoms with Gasteiger partial charge in [-0.1, -0.05) is 12.8 Å². The molecule has 0 bridgehead atoms. The predicted octanol–water partition coefficient (Wildman–Crippen LogP) is 2.47. The Morgan fingerprint density at radius 1 is 1.33 bits per heavy atom. The molecule has 0 amide bonds. The van der Waals surface area contributed by atoms with Crippen LogP contribution < -0.4 is 10.6 Å². The van der Waals surface area contributed by atoms with Crippen molar-refractivity contribution in [2.45, 2.75) is 46.1 Å². The van der Waals surface area contributed by atoms with E-state index in [0.29, 0.717) is 0 Å². The molecule has 1 aromatic heterocycles. The van der Waals surface area contributed by atoms with Crippen LogP contribution in [-0.2, 0) is 6.54 Å². The summed E-state index contributed by atoms with van der Waals surface area (Å²) in [5.74, 6) is 1.88. The Bertz CT molecular complexity index is 451. The highest BCUT2D eigenvalue weighted by atomic mass is 127. The number of aromatic nitrogens is 2. The molecule has 0 spiro atoms. The van der Waals surface area contributed by atoms with Crippen molar-refractivity contribution in [3.8, 4) is 0 Å². The topological polar surface area (TPSA) is 54.2 Å². The molecule has 1 aliphatic rings. The number of hydrogen-bond donors (Lipinski definition) is 2. The maximum atomic E-state index is 4.47. The molecule has 2 rings (SSSR count). The van der Waals surface area contributed by atoms with Gasteiger partial charge >= 0.3 is 0 Å². The molecule has 1 heterocycles. The van der Waals surface area contributed by atoms with Gasteiger partial charge in [0.05, 0.1) is 5.69 Å². The van der Waals surface area contributed by atoms with Gasteiger partial charge in [0.1, 0.15) is 0 Å². The third kappa shape index (κ3) is 6.67. The number of aliphatic imine (C=N–C) groups is 1. The van der Waals surface area contributed by atoms with Crippen molar-refractivity contribution in [1.29, 1.82) is 0 Å². The summed E-state index contributed by atoms with van der Waals surface area (Å²) in [4.78, 5) is 4.24. The van der Waals surface area contributed by atoms with Gasteiger partial charge in [-0.15, -0.1) is 24.0 Å². The fourth-order valence-electron chi connectivity index (χ4n) is 2.36. The molecule has 6 heteroatoms. The van der Waals surface area contributed by atoms with Gasteiger partial charge in [0.15, 0.2) is 5.96 Å². The van der Waals surface area contributed by atoms with Crippen LogP contribution in [0.15, 0.2) is 11.1 Å². The Morgan fingerprint density at radius 3 is 2.62 bits per heavy atom. The lowest BCUT2D eigenvalue weighted by Crippen LogP contribution is -2.38. The molecule has 2 N–H and O–H groups in total. The van der Waals surface area contributed by atoms with Gasteiger partial charge in [-0.25, -0.2) is 0 Å². The minimum absolute atomic E-state index is 0. The molecule has 1 saturated carbocycles. The first-order chi connectivity index (χ1) is 9.69. The Hall–Kier alpha value is -0.790. The molecule has 1 fully saturated rings. The van der Waals surface area contributed by atoms with E-state index in [-0.39, 0.29) is 24.0 Å². The summed E-state index contributed by atoms with van der Waals surface area (Å²) in [6.07, 6.45) is 5.14. The van der Waals surface area contributed by atoms with E-state index in [4.69, 9.17) is 0 Å². The van der Waals surface area contributed by atoms with Gasteiger partial charge in [0.25, 0.3) is 0 Å². The lowest BCUT2D eigenvalue weighted by atomic mass is 10.3. The second-order valence-corrected chi connectivity index (χ2v) is 5.66. The van der Waals surface area contributed by atoms with Crippen molar-refractivity contribution in [3.63, 3.8) is 0 Å². The molecule has 21 heavy (non-hydrogen) atoms. The second-order valence-electron chi connectivity index (χ2n) is 5.66. The summed E-state index contributed by atoms with van der Waals surface area (Å²) in [6.45, 7) is 7.04. The maximum absolute atomic E-state index is 4.47. The molecular weight excluding hydrogens is 377 g/mol. The Balaban J connectivity index is 0.00000220. The highest BCUT2D eigenvalue weighted by Gasteiger charge is 2.20. The smallest absolute Gasteiger partial charge is 0.190 e. The summed E-state index contributed by atoms with van der Waals surface area (Å²) in [5.41, 5.74) is 2.32. The van der Waals surface area contributed by atoms with E-state index in [1.54, 1.807) is 0 Å². The molecule has 0 atom stereocenters. The average molecular weight is 405 g/mol. The fraction of sp³-hybridized carbons (Fsp3) is 0.733. The van der Waals surface area contributed by atoms with Crippen LogP contribution in [0.2, 0.25) is 0 Å². The monoisotopic (exact) mass is 405 g/mol. The zero-order valence-electron chi connectivity index (χ0n) is 13.4. The first kappa shape index (κ1) is 18.3. The van der Waals surface area contributed by atoms with E-state index < -0.39 is 0 Å². The number of aryl methyl sites for hydroxylation is 3. The normalized spacial score (nSPS) is 14.7. The highest BCUT2D eigenvalue weighted by Crippen LogP contribution is 2.31. The van der Waals surface area contributed by atoms with Crippen LogP contribution >= 0.6 is 24.0 Å². The number of nitrogens with zero attached hydrogens (tertiary/aromatic N) is 3. The average Bonchev–Trinajstić information content (AvgIpc) is 3.18. The minimum Gasteiger partial charge on any atom is -0.356 e. The summed E-state index contributed by atoms with van der Waals surface area (Å²) in [5, 5.41) is 11.2. The van der Waals surface area contributed by atoms with Crippen LogP contribution in [0, 0.1) is 19.8 Å². The van der Waals surface area contributed by atoms with E-state index in [9.17, 15) is 0 Å². The highest BCUT2D eigenvalue weighted by molar-refractivity contribution is 14.0. The van der Waals surface area contributed by atoms with Crippen LogP contribution in [-0.4, -0.2) is 35.9 Å². The van der Waals surface area contributed by atoms with Crippen LogP contribution in [0.3, 0.4) is 0 Å². The first-order valence-corrected chi connectivity index (χ1v) is 7.64. The van der Waals surface area contributed by atoms with Crippen molar-refractivity contribution < 1.29 is 0 Å². The van der Waals surface area contributed by atoms with Crippen molar-refractivity contribution in [2.75, 3.05) is 20.1 Å². The van der Waals surface area contributed by atoms with Gasteiger partial charge in [-0.3, -0.25) is 9.67 Å². The summed E-state index contributed by atoms with van der Waals surface area (Å²) in [7, 11) is 1.83. The molecule has 120 valence electrons. The quantitative estimate of drug-likeness (QED) is 0.317. The number of nitrogens with one attached hydrogen (secondary N) is 2. The van der Waals surface area contributed by atoms with Gasteiger partial charge in [0.2, 0.25) is 0 Å². The molecule has 0 unspecified atom stereocenters. The van der Waals surface area contributed by atoms with E-state index in [0.717, 1.165) is 43.6 Å². The fourth-order valence-corrected chi connectivity index (χ4v) is 2.36. The SMILES string of the molecule is CN=C(NCCCn1nc(C)cc1C)NCCC1CC1.I. The Labute approximate surface area is 145 Å². The zero-order chi connectivity index (χ0) is 14.4. The van der Waals surface area contributed by atoms with Gasteiger partial charge in [-0.05, 0) is 38.7 Å². The van der Waals surface area contributed by atoms with Crippen LogP contribution in [0.4, 0.5) is 0 Å². The minimum atomic E-state index is 0. The van der Waals surface area contributed by atoms with Gasteiger partial charge in [0, 0.05) is 32.4 Å². The lowest BCUT2D eigenvalue weighted by Gasteiger charge is -2.12. The second kappa shape index (κ2) is 9.27. The predicted molar refractivity (Wildman–Crippen MR) is 98.4 cm³/mol. The number of rotatable bonds is 7. The molecule has 5 nitrogen and oxygen atoms in total. The molecule has 0 radical (unpaired) electrons. The Morgan fingerprint density at radius 2 is 2.05 bits per heavy atom. The molecular formula is C15H28IN5. The van der Waals surface area contributed by atoms with Crippen LogP contribution in [0.5, 0.6) is 0 Å². The standard InChI is InChI=1S/C15H27N5.HI/c1-12-11-13(2)20(19-12)10-4-8-17-15(16-3)18-9-7-14-5-6-14;/h11,14H,4-10H2,1-3H3,(H2,16,17,18);1H. The molecule has 0 aromatic carbocycles. The van der Waals surface area contributed by atoms with Crippen LogP contribution in [0.25, 0.3) is 0 Å². The van der Waals surface area contributed by atoms with E-state index in [1.807, 2.05) is 14.0 Å². The molecule has 1 aliphatic carbocycles. The number of guanidine groups is 1. The third-order valence-corrected chi connectivity index (χ3v) is 3.71. The summed E-state index contributed by atoms with van der Waals surface area (Å²) in [6, 6.07) is 2.12. The summed E-state index contributed by atoms with van der Waals surface area (Å²) >= 11 is 0. The van der Waals surface area contributed by atoms with E-state index in [1.165, 1.54) is 25.0 Å². The number of hydrogen-bond acceptors (Lipinski definition) is 2. The van der Waals surface area contributed by atoms with Gasteiger partial charge in [-0.2, -0.15) is 5.10 Å². The first-order valence-electron chi connectivity index (χ1n) is 7.64. The van der Waals surface area contributed by atoms with Crippen molar-refractivity contribution in [1.82, 2.24) is 20.4 Å². The van der Waals surface area contributed by atoms with E-state index in [2.05, 4.69) is 38.4 Å². The van der Waals surface area contributed by atoms with Crippen molar-refractivity contribution >= 4 is 29.9 Å². The Kier molecular flexibility index (Phi) is 8.06.